The molecule has 158 valence electrons. The van der Waals surface area contributed by atoms with Crippen LogP contribution in [0, 0.1) is 23.7 Å². The number of hydrogen-bond acceptors (Lipinski definition) is 1. The van der Waals surface area contributed by atoms with Crippen LogP contribution in [0.2, 0.25) is 0 Å². The van der Waals surface area contributed by atoms with Crippen LogP contribution in [-0.4, -0.2) is 24.0 Å². The van der Waals surface area contributed by atoms with E-state index < -0.39 is 0 Å². The van der Waals surface area contributed by atoms with Crippen LogP contribution in [0.4, 0.5) is 0 Å². The summed E-state index contributed by atoms with van der Waals surface area (Å²) in [6.45, 7) is 7.50. The molecule has 0 aromatic rings. The average molecular weight is 376 g/mol. The Hall–Kier alpha value is -0.0400. The Morgan fingerprint density at radius 3 is 1.67 bits per heavy atom. The van der Waals surface area contributed by atoms with Crippen LogP contribution in [-0.2, 0) is 0 Å². The largest absolute Gasteiger partial charge is 0.300 e. The van der Waals surface area contributed by atoms with Crippen molar-refractivity contribution in [2.24, 2.45) is 23.7 Å². The zero-order valence-corrected chi connectivity index (χ0v) is 18.8. The predicted octanol–water partition coefficient (Wildman–Crippen LogP) is 7.83. The summed E-state index contributed by atoms with van der Waals surface area (Å²) in [6, 6.07) is 0.943. The maximum Gasteiger partial charge on any atom is 0.00954 e. The lowest BCUT2D eigenvalue weighted by Crippen LogP contribution is -2.43. The van der Waals surface area contributed by atoms with Crippen LogP contribution < -0.4 is 0 Å². The SMILES string of the molecule is CCCCCC1CCN(C2CCC(C3CCC(CCCC)CC3)CC2)CC1. The van der Waals surface area contributed by atoms with E-state index in [0.717, 1.165) is 29.7 Å². The van der Waals surface area contributed by atoms with Crippen molar-refractivity contribution in [1.29, 1.82) is 0 Å². The van der Waals surface area contributed by atoms with E-state index in [1.54, 1.807) is 38.5 Å². The molecule has 0 spiro atoms. The van der Waals surface area contributed by atoms with E-state index in [-0.39, 0.29) is 0 Å². The number of unbranched alkanes of at least 4 members (excludes halogenated alkanes) is 3. The van der Waals surface area contributed by atoms with Gasteiger partial charge in [-0.05, 0) is 88.1 Å². The number of nitrogens with zero attached hydrogens (tertiary/aromatic N) is 1. The van der Waals surface area contributed by atoms with Gasteiger partial charge in [-0.25, -0.2) is 0 Å². The van der Waals surface area contributed by atoms with Gasteiger partial charge in [-0.2, -0.15) is 0 Å². The van der Waals surface area contributed by atoms with Gasteiger partial charge in [-0.1, -0.05) is 71.6 Å². The smallest absolute Gasteiger partial charge is 0.00954 e. The molecule has 1 nitrogen and oxygen atoms in total. The van der Waals surface area contributed by atoms with Gasteiger partial charge in [0.15, 0.2) is 0 Å². The standard InChI is InChI=1S/C26H49N/c1-3-5-7-9-23-18-20-27(21-19-23)26-16-14-25(15-17-26)24-12-10-22(11-13-24)8-6-4-2/h22-26H,3-21H2,1-2H3. The van der Waals surface area contributed by atoms with Gasteiger partial charge >= 0.3 is 0 Å². The fourth-order valence-corrected chi connectivity index (χ4v) is 6.67. The minimum absolute atomic E-state index is 0.943. The van der Waals surface area contributed by atoms with Crippen molar-refractivity contribution < 1.29 is 0 Å². The molecule has 3 aliphatic rings. The molecule has 0 aromatic heterocycles. The van der Waals surface area contributed by atoms with Crippen LogP contribution in [0.15, 0.2) is 0 Å². The Balaban J connectivity index is 1.31. The van der Waals surface area contributed by atoms with Crippen molar-refractivity contribution in [1.82, 2.24) is 4.90 Å². The minimum Gasteiger partial charge on any atom is -0.300 e. The minimum atomic E-state index is 0.943. The van der Waals surface area contributed by atoms with E-state index in [1.165, 1.54) is 83.7 Å². The second-order valence-electron chi connectivity index (χ2n) is 10.5. The summed E-state index contributed by atoms with van der Waals surface area (Å²) in [7, 11) is 0. The highest BCUT2D eigenvalue weighted by Crippen LogP contribution is 2.42. The normalized spacial score (nSPS) is 34.0. The number of rotatable bonds is 9. The zero-order chi connectivity index (χ0) is 18.9. The highest BCUT2D eigenvalue weighted by atomic mass is 15.2. The van der Waals surface area contributed by atoms with Crippen LogP contribution in [0.1, 0.15) is 123 Å². The summed E-state index contributed by atoms with van der Waals surface area (Å²) in [5.74, 6) is 4.30. The summed E-state index contributed by atoms with van der Waals surface area (Å²) in [5, 5.41) is 0. The first-order valence-electron chi connectivity index (χ1n) is 13.0. The van der Waals surface area contributed by atoms with Crippen LogP contribution in [0.5, 0.6) is 0 Å². The number of hydrogen-bond donors (Lipinski definition) is 0. The van der Waals surface area contributed by atoms with E-state index in [2.05, 4.69) is 18.7 Å². The third kappa shape index (κ3) is 6.76. The zero-order valence-electron chi connectivity index (χ0n) is 18.8. The highest BCUT2D eigenvalue weighted by molar-refractivity contribution is 4.87. The van der Waals surface area contributed by atoms with E-state index in [0.29, 0.717) is 0 Å². The molecule has 0 radical (unpaired) electrons. The molecule has 0 amide bonds. The predicted molar refractivity (Wildman–Crippen MR) is 119 cm³/mol. The molecule has 1 aliphatic heterocycles. The van der Waals surface area contributed by atoms with Gasteiger partial charge in [0, 0.05) is 6.04 Å². The molecule has 27 heavy (non-hydrogen) atoms. The third-order valence-corrected chi connectivity index (χ3v) is 8.65. The van der Waals surface area contributed by atoms with Crippen molar-refractivity contribution in [3.05, 3.63) is 0 Å². The van der Waals surface area contributed by atoms with Gasteiger partial charge in [0.2, 0.25) is 0 Å². The molecule has 3 rings (SSSR count). The van der Waals surface area contributed by atoms with Crippen molar-refractivity contribution in [2.75, 3.05) is 13.1 Å². The quantitative estimate of drug-likeness (QED) is 0.371. The summed E-state index contributed by atoms with van der Waals surface area (Å²) >= 11 is 0. The van der Waals surface area contributed by atoms with Gasteiger partial charge in [0.1, 0.15) is 0 Å². The van der Waals surface area contributed by atoms with Crippen molar-refractivity contribution in [3.8, 4) is 0 Å². The van der Waals surface area contributed by atoms with E-state index in [1.807, 2.05) is 0 Å². The summed E-state index contributed by atoms with van der Waals surface area (Å²) in [4.78, 5) is 2.90. The molecule has 1 heteroatoms. The molecule has 2 aliphatic carbocycles. The Labute approximate surface area is 171 Å². The van der Waals surface area contributed by atoms with Gasteiger partial charge in [0.05, 0.1) is 0 Å². The molecule has 1 saturated heterocycles. The molecule has 0 atom stereocenters. The Kier molecular flexibility index (Phi) is 9.50. The van der Waals surface area contributed by atoms with Crippen LogP contribution in [0.25, 0.3) is 0 Å². The molecular formula is C26H49N. The second-order valence-corrected chi connectivity index (χ2v) is 10.5. The fourth-order valence-electron chi connectivity index (χ4n) is 6.67. The Morgan fingerprint density at radius 2 is 1.07 bits per heavy atom. The first kappa shape index (κ1) is 21.7. The van der Waals surface area contributed by atoms with Crippen molar-refractivity contribution in [3.63, 3.8) is 0 Å². The topological polar surface area (TPSA) is 3.24 Å². The third-order valence-electron chi connectivity index (χ3n) is 8.65. The molecule has 0 bridgehead atoms. The lowest BCUT2D eigenvalue weighted by atomic mass is 9.69. The average Bonchev–Trinajstić information content (AvgIpc) is 2.73. The molecule has 2 saturated carbocycles. The maximum atomic E-state index is 2.90. The van der Waals surface area contributed by atoms with E-state index >= 15 is 0 Å². The molecule has 1 heterocycles. The van der Waals surface area contributed by atoms with Crippen LogP contribution >= 0.6 is 0 Å². The molecule has 0 unspecified atom stereocenters. The van der Waals surface area contributed by atoms with Gasteiger partial charge < -0.3 is 4.90 Å². The number of likely N-dealkylation sites (tertiary alicyclic amines) is 1. The van der Waals surface area contributed by atoms with E-state index in [4.69, 9.17) is 0 Å². The van der Waals surface area contributed by atoms with E-state index in [9.17, 15) is 0 Å². The van der Waals surface area contributed by atoms with Crippen molar-refractivity contribution >= 4 is 0 Å². The molecular weight excluding hydrogens is 326 g/mol. The fraction of sp³-hybridized carbons (Fsp3) is 1.00. The van der Waals surface area contributed by atoms with Crippen molar-refractivity contribution in [2.45, 2.75) is 129 Å². The number of piperidine rings is 1. The lowest BCUT2D eigenvalue weighted by molar-refractivity contribution is 0.0717. The monoisotopic (exact) mass is 375 g/mol. The lowest BCUT2D eigenvalue weighted by Gasteiger charge is -2.43. The highest BCUT2D eigenvalue weighted by Gasteiger charge is 2.33. The van der Waals surface area contributed by atoms with Crippen LogP contribution in [0.3, 0.4) is 0 Å². The Morgan fingerprint density at radius 1 is 0.556 bits per heavy atom. The molecule has 3 fully saturated rings. The summed E-state index contributed by atoms with van der Waals surface area (Å²) < 4.78 is 0. The molecule has 0 N–H and O–H groups in total. The van der Waals surface area contributed by atoms with Gasteiger partial charge in [0.25, 0.3) is 0 Å². The first-order valence-corrected chi connectivity index (χ1v) is 13.0. The van der Waals surface area contributed by atoms with Gasteiger partial charge in [-0.3, -0.25) is 0 Å². The second kappa shape index (κ2) is 11.8. The summed E-state index contributed by atoms with van der Waals surface area (Å²) in [6.07, 6.45) is 25.5. The maximum absolute atomic E-state index is 2.90. The first-order chi connectivity index (χ1) is 13.3. The van der Waals surface area contributed by atoms with Gasteiger partial charge in [-0.15, -0.1) is 0 Å². The Bertz CT molecular complexity index is 368. The molecule has 0 aromatic carbocycles. The summed E-state index contributed by atoms with van der Waals surface area (Å²) in [5.41, 5.74) is 0.